The van der Waals surface area contributed by atoms with Gasteiger partial charge in [0.1, 0.15) is 0 Å². The van der Waals surface area contributed by atoms with Crippen LogP contribution in [-0.2, 0) is 33.0 Å². The third kappa shape index (κ3) is 11.8. The molecule has 0 aromatic heterocycles. The molecule has 1 atom stereocenters. The lowest BCUT2D eigenvalue weighted by Crippen LogP contribution is -2.51. The largest absolute Gasteiger partial charge is 0.463 e. The van der Waals surface area contributed by atoms with Gasteiger partial charge >= 0.3 is 24.4 Å². The van der Waals surface area contributed by atoms with Crippen LogP contribution >= 0.6 is 0 Å². The van der Waals surface area contributed by atoms with Crippen LogP contribution in [0, 0.1) is 11.3 Å². The SMILES string of the molecule is CCOC(=O)C1=C(C)N(c2cccc(C(F)(F)F)c2)C(=O)N(CCCN(C)CCOCCN(C)CCCc2cccc(C(F)(F)F)c2)[C@@H]1c1ccc(C#N)cc1. The normalized spacial score (nSPS) is 15.2. The van der Waals surface area contributed by atoms with Gasteiger partial charge in [0, 0.05) is 25.3 Å². The highest BCUT2D eigenvalue weighted by Crippen LogP contribution is 2.41. The fraction of sp³-hybridized carbons (Fsp3) is 0.439. The lowest BCUT2D eigenvalue weighted by molar-refractivity contribution is -0.140. The van der Waals surface area contributed by atoms with Gasteiger partial charge in [0.2, 0.25) is 0 Å². The van der Waals surface area contributed by atoms with E-state index in [9.17, 15) is 41.2 Å². The molecule has 56 heavy (non-hydrogen) atoms. The maximum absolute atomic E-state index is 14.3. The van der Waals surface area contributed by atoms with E-state index in [0.29, 0.717) is 75.3 Å². The molecule has 0 bridgehead atoms. The second kappa shape index (κ2) is 19.8. The van der Waals surface area contributed by atoms with Crippen LogP contribution < -0.4 is 4.90 Å². The van der Waals surface area contributed by atoms with Gasteiger partial charge in [0.05, 0.1) is 59.9 Å². The number of likely N-dealkylation sites (N-methyl/N-ethyl adjacent to an activating group) is 2. The molecule has 4 rings (SSSR count). The monoisotopic (exact) mass is 787 g/mol. The predicted molar refractivity (Wildman–Crippen MR) is 199 cm³/mol. The zero-order valence-corrected chi connectivity index (χ0v) is 31.9. The van der Waals surface area contributed by atoms with E-state index in [2.05, 4.69) is 11.0 Å². The summed E-state index contributed by atoms with van der Waals surface area (Å²) in [5.41, 5.74) is 0.124. The van der Waals surface area contributed by atoms with E-state index in [1.165, 1.54) is 36.1 Å². The van der Waals surface area contributed by atoms with Crippen LogP contribution in [0.5, 0.6) is 0 Å². The number of rotatable bonds is 18. The number of hydrogen-bond acceptors (Lipinski definition) is 7. The number of nitrogens with zero attached hydrogens (tertiary/aromatic N) is 5. The van der Waals surface area contributed by atoms with Gasteiger partial charge in [-0.2, -0.15) is 31.6 Å². The molecule has 3 aromatic rings. The Morgan fingerprint density at radius 2 is 1.43 bits per heavy atom. The summed E-state index contributed by atoms with van der Waals surface area (Å²) in [6.45, 7) is 6.58. The minimum Gasteiger partial charge on any atom is -0.463 e. The highest BCUT2D eigenvalue weighted by atomic mass is 19.4. The number of allylic oxidation sites excluding steroid dienone is 1. The Kier molecular flexibility index (Phi) is 15.5. The van der Waals surface area contributed by atoms with Crippen LogP contribution in [0.15, 0.2) is 84.1 Å². The molecule has 0 aliphatic carbocycles. The van der Waals surface area contributed by atoms with E-state index in [4.69, 9.17) is 9.47 Å². The van der Waals surface area contributed by atoms with Crippen molar-refractivity contribution in [1.29, 1.82) is 5.26 Å². The van der Waals surface area contributed by atoms with E-state index < -0.39 is 41.5 Å². The first-order valence-corrected chi connectivity index (χ1v) is 18.3. The first-order chi connectivity index (χ1) is 26.5. The number of ether oxygens (including phenoxy) is 2. The van der Waals surface area contributed by atoms with Gasteiger partial charge in [-0.15, -0.1) is 0 Å². The summed E-state index contributed by atoms with van der Waals surface area (Å²) in [6, 6.07) is 16.7. The van der Waals surface area contributed by atoms with Crippen LogP contribution in [0.2, 0.25) is 0 Å². The van der Waals surface area contributed by atoms with Crippen molar-refractivity contribution < 1.29 is 45.4 Å². The van der Waals surface area contributed by atoms with Crippen molar-refractivity contribution in [3.8, 4) is 6.07 Å². The van der Waals surface area contributed by atoms with Crippen molar-refractivity contribution in [1.82, 2.24) is 14.7 Å². The van der Waals surface area contributed by atoms with Gasteiger partial charge in [-0.25, -0.2) is 9.59 Å². The molecule has 0 saturated carbocycles. The van der Waals surface area contributed by atoms with Crippen LogP contribution in [0.3, 0.4) is 0 Å². The summed E-state index contributed by atoms with van der Waals surface area (Å²) in [6.07, 6.45) is -7.37. The van der Waals surface area contributed by atoms with E-state index in [1.54, 1.807) is 37.3 Å². The molecule has 1 aliphatic rings. The second-order valence-corrected chi connectivity index (χ2v) is 13.6. The number of carbonyl (C=O) groups is 2. The van der Waals surface area contributed by atoms with Gasteiger partial charge in [-0.3, -0.25) is 4.90 Å². The number of esters is 1. The summed E-state index contributed by atoms with van der Waals surface area (Å²) in [5, 5.41) is 9.38. The van der Waals surface area contributed by atoms with E-state index in [-0.39, 0.29) is 30.1 Å². The molecule has 1 heterocycles. The maximum Gasteiger partial charge on any atom is 0.416 e. The Hall–Kier alpha value is -4.91. The summed E-state index contributed by atoms with van der Waals surface area (Å²) in [4.78, 5) is 34.6. The average Bonchev–Trinajstić information content (AvgIpc) is 3.15. The number of anilines is 1. The molecule has 0 spiro atoms. The molecule has 0 N–H and O–H groups in total. The van der Waals surface area contributed by atoms with Crippen LogP contribution in [-0.4, -0.2) is 93.3 Å². The highest BCUT2D eigenvalue weighted by Gasteiger charge is 2.43. The minimum absolute atomic E-state index is 0.0274. The zero-order chi connectivity index (χ0) is 41.0. The van der Waals surface area contributed by atoms with Crippen molar-refractivity contribution in [3.63, 3.8) is 0 Å². The predicted octanol–water partition coefficient (Wildman–Crippen LogP) is 8.32. The highest BCUT2D eigenvalue weighted by molar-refractivity contribution is 6.03. The molecular weight excluding hydrogens is 740 g/mol. The Labute approximate surface area is 323 Å². The van der Waals surface area contributed by atoms with Gasteiger partial charge in [-0.1, -0.05) is 36.4 Å². The number of carbonyl (C=O) groups excluding carboxylic acids is 2. The molecule has 1 aliphatic heterocycles. The number of urea groups is 1. The average molecular weight is 788 g/mol. The summed E-state index contributed by atoms with van der Waals surface area (Å²) in [5.74, 6) is -0.718. The fourth-order valence-corrected chi connectivity index (χ4v) is 6.50. The van der Waals surface area contributed by atoms with Crippen LogP contribution in [0.25, 0.3) is 0 Å². The van der Waals surface area contributed by atoms with Crippen molar-refractivity contribution in [2.45, 2.75) is 51.5 Å². The topological polar surface area (TPSA) is 89.3 Å². The van der Waals surface area contributed by atoms with Crippen molar-refractivity contribution in [2.75, 3.05) is 71.5 Å². The number of amides is 2. The van der Waals surface area contributed by atoms with E-state index in [1.807, 2.05) is 19.0 Å². The molecule has 3 aromatic carbocycles. The molecule has 0 radical (unpaired) electrons. The number of halogens is 6. The summed E-state index contributed by atoms with van der Waals surface area (Å²) in [7, 11) is 3.81. The molecule has 302 valence electrons. The maximum atomic E-state index is 14.3. The Morgan fingerprint density at radius 3 is 2.02 bits per heavy atom. The Bertz CT molecular complexity index is 1860. The smallest absolute Gasteiger partial charge is 0.416 e. The van der Waals surface area contributed by atoms with Crippen LogP contribution in [0.4, 0.5) is 36.8 Å². The van der Waals surface area contributed by atoms with E-state index >= 15 is 0 Å². The van der Waals surface area contributed by atoms with Gasteiger partial charge < -0.3 is 24.2 Å². The zero-order valence-electron chi connectivity index (χ0n) is 31.9. The standard InChI is InChI=1S/C41H47F6N5O4/c1-5-56-38(53)36-29(2)52(35-14-7-13-34(27-35)41(45,46)47)39(54)51(37(36)32-17-15-31(28-48)16-18-32)21-9-20-50(4)23-25-55-24-22-49(3)19-8-11-30-10-6-12-33(26-30)40(42,43)44/h6-7,10,12-18,26-27,37H,5,8-9,11,19-25H2,1-4H3/t37-/m1/s1. The molecule has 0 fully saturated rings. The van der Waals surface area contributed by atoms with Crippen molar-refractivity contribution >= 4 is 17.7 Å². The molecular formula is C41H47F6N5O4. The lowest BCUT2D eigenvalue weighted by atomic mass is 9.92. The molecule has 9 nitrogen and oxygen atoms in total. The molecule has 0 saturated heterocycles. The molecule has 15 heteroatoms. The Morgan fingerprint density at radius 1 is 0.839 bits per heavy atom. The summed E-state index contributed by atoms with van der Waals surface area (Å²) >= 11 is 0. The number of benzene rings is 3. The lowest BCUT2D eigenvalue weighted by Gasteiger charge is -2.43. The number of alkyl halides is 6. The number of aryl methyl sites for hydroxylation is 1. The first kappa shape index (κ1) is 43.8. The van der Waals surface area contributed by atoms with Gasteiger partial charge in [0.15, 0.2) is 0 Å². The molecule has 2 amide bonds. The van der Waals surface area contributed by atoms with Crippen LogP contribution in [0.1, 0.15) is 60.5 Å². The summed E-state index contributed by atoms with van der Waals surface area (Å²) < 4.78 is 91.5. The first-order valence-electron chi connectivity index (χ1n) is 18.3. The second-order valence-electron chi connectivity index (χ2n) is 13.6. The van der Waals surface area contributed by atoms with E-state index in [0.717, 1.165) is 23.1 Å². The Balaban J connectivity index is 1.38. The van der Waals surface area contributed by atoms with Gasteiger partial charge in [-0.05, 0) is 108 Å². The number of nitriles is 1. The quantitative estimate of drug-likeness (QED) is 0.0728. The van der Waals surface area contributed by atoms with Gasteiger partial charge in [0.25, 0.3) is 0 Å². The third-order valence-corrected chi connectivity index (χ3v) is 9.46. The molecule has 0 unspecified atom stereocenters. The van der Waals surface area contributed by atoms with Crippen molar-refractivity contribution in [2.24, 2.45) is 0 Å². The third-order valence-electron chi connectivity index (χ3n) is 9.46. The number of hydrogen-bond donors (Lipinski definition) is 0. The minimum atomic E-state index is -4.66. The van der Waals surface area contributed by atoms with Crippen molar-refractivity contribution in [3.05, 3.63) is 112 Å². The fourth-order valence-electron chi connectivity index (χ4n) is 6.50.